The number of rotatable bonds is 1. The van der Waals surface area contributed by atoms with Crippen LogP contribution in [-0.4, -0.2) is 0 Å². The van der Waals surface area contributed by atoms with E-state index in [1.807, 2.05) is 0 Å². The van der Waals surface area contributed by atoms with Crippen LogP contribution in [0.4, 0.5) is 0 Å². The van der Waals surface area contributed by atoms with Gasteiger partial charge in [0, 0.05) is 4.70 Å². The summed E-state index contributed by atoms with van der Waals surface area (Å²) in [6, 6.07) is 0. The van der Waals surface area contributed by atoms with Gasteiger partial charge in [0.05, 0.1) is 11.8 Å². The molecule has 1 atom stereocenters. The van der Waals surface area contributed by atoms with Gasteiger partial charge in [-0.1, -0.05) is 23.8 Å². The topological polar surface area (TPSA) is 29.4 Å². The smallest absolute Gasteiger partial charge is 0.0835 e. The molecule has 0 fully saturated rings. The van der Waals surface area contributed by atoms with Crippen LogP contribution < -0.4 is 0 Å². The molecule has 3 heteroatoms. The average molecular weight is 202 g/mol. The van der Waals surface area contributed by atoms with Crippen molar-refractivity contribution in [1.29, 1.82) is 0 Å². The summed E-state index contributed by atoms with van der Waals surface area (Å²) in [4.78, 5) is 8.32. The van der Waals surface area contributed by atoms with Crippen LogP contribution in [0, 0.1) is 10.8 Å². The van der Waals surface area contributed by atoms with E-state index in [0.29, 0.717) is 0 Å². The van der Waals surface area contributed by atoms with Crippen molar-refractivity contribution in [2.45, 2.75) is 33.1 Å². The van der Waals surface area contributed by atoms with Crippen molar-refractivity contribution >= 4 is 11.8 Å². The lowest BCUT2D eigenvalue weighted by Gasteiger charge is -2.19. The molecule has 0 aromatic heterocycles. The van der Waals surface area contributed by atoms with Crippen molar-refractivity contribution in [2.24, 2.45) is 10.6 Å². The second kappa shape index (κ2) is 6.84. The lowest BCUT2D eigenvalue weighted by molar-refractivity contribution is 0.540. The van der Waals surface area contributed by atoms with Gasteiger partial charge in [0.2, 0.25) is 0 Å². The van der Waals surface area contributed by atoms with E-state index >= 15 is 0 Å². The highest BCUT2D eigenvalue weighted by atomic mass is 35.5. The van der Waals surface area contributed by atoms with Gasteiger partial charge in [0.15, 0.2) is 0 Å². The molecule has 0 saturated heterocycles. The zero-order valence-electron chi connectivity index (χ0n) is 8.22. The Morgan fingerprint density at radius 1 is 1.77 bits per heavy atom. The first kappa shape index (κ1) is 12.4. The Labute approximate surface area is 84.8 Å². The quantitative estimate of drug-likeness (QED) is 0.462. The summed E-state index contributed by atoms with van der Waals surface area (Å²) in [6.45, 7) is 8.33. The van der Waals surface area contributed by atoms with Gasteiger partial charge < -0.3 is 0 Å². The number of hydrogen-bond donors (Lipinski definition) is 0. The fourth-order valence-electron chi connectivity index (χ4n) is 1.41. The Balaban J connectivity index is 0.000000424. The first-order valence-electron chi connectivity index (χ1n) is 4.36. The summed E-state index contributed by atoms with van der Waals surface area (Å²) < 4.78 is 1.72. The molecule has 0 aromatic carbocycles. The average Bonchev–Trinajstić information content (AvgIpc) is 2.06. The SMILES string of the molecule is C=C(C)C1CC=C(C)CC1.O=NCl. The third kappa shape index (κ3) is 5.58. The van der Waals surface area contributed by atoms with E-state index in [1.54, 1.807) is 10.3 Å². The minimum absolute atomic E-state index is 0.767. The van der Waals surface area contributed by atoms with Gasteiger partial charge in [0.1, 0.15) is 0 Å². The van der Waals surface area contributed by atoms with Crippen LogP contribution in [-0.2, 0) is 0 Å². The van der Waals surface area contributed by atoms with Gasteiger partial charge in [-0.15, -0.1) is 4.91 Å². The summed E-state index contributed by atoms with van der Waals surface area (Å²) >= 11 is 4.07. The van der Waals surface area contributed by atoms with E-state index in [1.165, 1.54) is 24.8 Å². The predicted octanol–water partition coefficient (Wildman–Crippen LogP) is 4.22. The molecule has 2 nitrogen and oxygen atoms in total. The van der Waals surface area contributed by atoms with Gasteiger partial charge in [-0.05, 0) is 39.0 Å². The Kier molecular flexibility index (Phi) is 6.51. The molecule has 0 aliphatic heterocycles. The number of nitrogens with zero attached hydrogens (tertiary/aromatic N) is 1. The molecule has 13 heavy (non-hydrogen) atoms. The highest BCUT2D eigenvalue weighted by molar-refractivity contribution is 6.14. The van der Waals surface area contributed by atoms with Crippen LogP contribution in [0.1, 0.15) is 33.1 Å². The molecule has 0 bridgehead atoms. The minimum atomic E-state index is 0.767. The Bertz CT molecular complexity index is 211. The standard InChI is InChI=1S/C10H16.ClNO/c1-8(2)10-6-4-9(3)5-7-10;1-2-3/h4,10H,1,5-7H2,2-3H3;. The van der Waals surface area contributed by atoms with Crippen LogP contribution >= 0.6 is 11.8 Å². The fourth-order valence-corrected chi connectivity index (χ4v) is 1.41. The molecular formula is C10H16ClNO. The molecule has 1 aliphatic carbocycles. The van der Waals surface area contributed by atoms with Crippen molar-refractivity contribution in [1.82, 2.24) is 0 Å². The van der Waals surface area contributed by atoms with Crippen molar-refractivity contribution in [3.63, 3.8) is 0 Å². The van der Waals surface area contributed by atoms with Crippen LogP contribution in [0.5, 0.6) is 0 Å². The molecule has 0 saturated carbocycles. The highest BCUT2D eigenvalue weighted by Crippen LogP contribution is 2.27. The van der Waals surface area contributed by atoms with Crippen LogP contribution in [0.2, 0.25) is 0 Å². The summed E-state index contributed by atoms with van der Waals surface area (Å²) in [5.74, 6) is 0.767. The third-order valence-electron chi connectivity index (χ3n) is 2.33. The summed E-state index contributed by atoms with van der Waals surface area (Å²) in [5, 5.41) is 0. The molecule has 1 rings (SSSR count). The third-order valence-corrected chi connectivity index (χ3v) is 2.33. The van der Waals surface area contributed by atoms with E-state index in [-0.39, 0.29) is 0 Å². The second-order valence-corrected chi connectivity index (χ2v) is 3.58. The summed E-state index contributed by atoms with van der Waals surface area (Å²) in [7, 11) is 0. The van der Waals surface area contributed by atoms with E-state index in [2.05, 4.69) is 38.3 Å². The molecule has 0 N–H and O–H groups in total. The zero-order chi connectivity index (χ0) is 10.3. The molecule has 0 aromatic rings. The molecule has 0 spiro atoms. The summed E-state index contributed by atoms with van der Waals surface area (Å²) in [6.07, 6.45) is 6.17. The Morgan fingerprint density at radius 3 is 2.62 bits per heavy atom. The molecular weight excluding hydrogens is 186 g/mol. The number of nitroso groups, excluding NO2 is 1. The number of allylic oxidation sites excluding steroid dienone is 3. The number of hydrogen-bond acceptors (Lipinski definition) is 2. The Morgan fingerprint density at radius 2 is 2.31 bits per heavy atom. The van der Waals surface area contributed by atoms with Crippen molar-refractivity contribution in [3.8, 4) is 0 Å². The molecule has 0 heterocycles. The molecule has 74 valence electrons. The zero-order valence-corrected chi connectivity index (χ0v) is 8.97. The van der Waals surface area contributed by atoms with E-state index in [0.717, 1.165) is 5.92 Å². The molecule has 0 amide bonds. The largest absolute Gasteiger partial charge is 0.131 e. The van der Waals surface area contributed by atoms with E-state index in [9.17, 15) is 0 Å². The lowest BCUT2D eigenvalue weighted by atomic mass is 9.86. The van der Waals surface area contributed by atoms with Gasteiger partial charge in [-0.3, -0.25) is 0 Å². The maximum Gasteiger partial charge on any atom is 0.0835 e. The summed E-state index contributed by atoms with van der Waals surface area (Å²) in [5.41, 5.74) is 2.90. The van der Waals surface area contributed by atoms with Crippen molar-refractivity contribution < 1.29 is 0 Å². The maximum absolute atomic E-state index is 8.32. The molecule has 0 radical (unpaired) electrons. The van der Waals surface area contributed by atoms with Gasteiger partial charge in [-0.25, -0.2) is 0 Å². The molecule has 1 aliphatic rings. The predicted molar refractivity (Wildman–Crippen MR) is 57.6 cm³/mol. The first-order valence-corrected chi connectivity index (χ1v) is 4.70. The molecule has 1 unspecified atom stereocenters. The van der Waals surface area contributed by atoms with E-state index < -0.39 is 0 Å². The number of halogens is 1. The van der Waals surface area contributed by atoms with Gasteiger partial charge >= 0.3 is 0 Å². The van der Waals surface area contributed by atoms with Crippen molar-refractivity contribution in [3.05, 3.63) is 28.7 Å². The van der Waals surface area contributed by atoms with Crippen LogP contribution in [0.3, 0.4) is 0 Å². The Hall–Kier alpha value is -0.630. The van der Waals surface area contributed by atoms with Crippen LogP contribution in [0.15, 0.2) is 28.5 Å². The second-order valence-electron chi connectivity index (χ2n) is 3.44. The lowest BCUT2D eigenvalue weighted by Crippen LogP contribution is -2.04. The fraction of sp³-hybridized carbons (Fsp3) is 0.600. The minimum Gasteiger partial charge on any atom is -0.131 e. The van der Waals surface area contributed by atoms with Crippen molar-refractivity contribution in [2.75, 3.05) is 0 Å². The van der Waals surface area contributed by atoms with E-state index in [4.69, 9.17) is 4.91 Å². The monoisotopic (exact) mass is 201 g/mol. The maximum atomic E-state index is 8.32. The highest BCUT2D eigenvalue weighted by Gasteiger charge is 2.11. The first-order chi connectivity index (χ1) is 6.11. The van der Waals surface area contributed by atoms with Crippen LogP contribution in [0.25, 0.3) is 0 Å². The van der Waals surface area contributed by atoms with Gasteiger partial charge in [0.25, 0.3) is 0 Å². The normalized spacial score (nSPS) is 20.8. The van der Waals surface area contributed by atoms with Gasteiger partial charge in [-0.2, -0.15) is 0 Å².